The number of rotatable bonds is 7. The van der Waals surface area contributed by atoms with E-state index >= 15 is 0 Å². The van der Waals surface area contributed by atoms with Crippen molar-refractivity contribution in [2.75, 3.05) is 13.1 Å². The van der Waals surface area contributed by atoms with Crippen LogP contribution in [0.4, 0.5) is 4.39 Å². The minimum Gasteiger partial charge on any atom is -0.319 e. The lowest BCUT2D eigenvalue weighted by atomic mass is 10.2. The molecule has 1 N–H and O–H groups in total. The lowest BCUT2D eigenvalue weighted by Gasteiger charge is -2.04. The Morgan fingerprint density at radius 3 is 3.00 bits per heavy atom. The van der Waals surface area contributed by atoms with Crippen molar-refractivity contribution in [1.82, 2.24) is 9.88 Å². The second-order valence-electron chi connectivity index (χ2n) is 5.81. The molecule has 0 radical (unpaired) electrons. The number of amides is 1. The first-order chi connectivity index (χ1) is 11.2. The van der Waals surface area contributed by atoms with Crippen LogP contribution in [0, 0.1) is 11.7 Å². The van der Waals surface area contributed by atoms with Gasteiger partial charge in [0.1, 0.15) is 5.82 Å². The van der Waals surface area contributed by atoms with Gasteiger partial charge in [0, 0.05) is 30.1 Å². The number of nitrogens with one attached hydrogen (secondary N) is 1. The highest BCUT2D eigenvalue weighted by molar-refractivity contribution is 7.07. The molecule has 1 fully saturated rings. The maximum Gasteiger partial charge on any atom is 0.249 e. The third-order valence-corrected chi connectivity index (χ3v) is 4.62. The fraction of sp³-hybridized carbons (Fsp3) is 0.412. The van der Waals surface area contributed by atoms with Crippen LogP contribution in [0.1, 0.15) is 24.8 Å². The molecular weight excluding hydrogens is 313 g/mol. The van der Waals surface area contributed by atoms with Crippen LogP contribution in [0.5, 0.6) is 0 Å². The molecule has 0 atom stereocenters. The summed E-state index contributed by atoms with van der Waals surface area (Å²) in [5.41, 5.74) is 0.589. The molecule has 0 spiro atoms. The normalized spacial score (nSPS) is 15.1. The Morgan fingerprint density at radius 1 is 1.39 bits per heavy atom. The topological polar surface area (TPSA) is 46.4 Å². The Balaban J connectivity index is 1.60. The van der Waals surface area contributed by atoms with E-state index in [1.165, 1.54) is 30.2 Å². The lowest BCUT2D eigenvalue weighted by Crippen LogP contribution is -2.22. The summed E-state index contributed by atoms with van der Waals surface area (Å²) in [6.07, 6.45) is 4.83. The van der Waals surface area contributed by atoms with Crippen molar-refractivity contribution in [2.24, 2.45) is 10.9 Å². The first kappa shape index (κ1) is 16.1. The first-order valence-electron chi connectivity index (χ1n) is 7.88. The van der Waals surface area contributed by atoms with Crippen LogP contribution in [-0.2, 0) is 11.3 Å². The van der Waals surface area contributed by atoms with Gasteiger partial charge in [-0.3, -0.25) is 4.79 Å². The number of thiazole rings is 1. The zero-order valence-electron chi connectivity index (χ0n) is 12.9. The summed E-state index contributed by atoms with van der Waals surface area (Å²) in [6, 6.07) is 6.66. The van der Waals surface area contributed by atoms with E-state index < -0.39 is 0 Å². The van der Waals surface area contributed by atoms with Crippen LogP contribution in [0.25, 0.3) is 0 Å². The van der Waals surface area contributed by atoms with Crippen LogP contribution in [-0.4, -0.2) is 23.6 Å². The van der Waals surface area contributed by atoms with E-state index in [0.29, 0.717) is 29.9 Å². The molecule has 2 aromatic rings. The molecule has 0 saturated heterocycles. The van der Waals surface area contributed by atoms with Gasteiger partial charge in [0.05, 0.1) is 6.54 Å². The molecule has 1 aromatic heterocycles. The van der Waals surface area contributed by atoms with Crippen LogP contribution in [0.3, 0.4) is 0 Å². The summed E-state index contributed by atoms with van der Waals surface area (Å²) in [5, 5.41) is 5.15. The Labute approximate surface area is 138 Å². The van der Waals surface area contributed by atoms with Crippen molar-refractivity contribution in [3.8, 4) is 0 Å². The molecule has 1 heterocycles. The molecule has 3 rings (SSSR count). The maximum absolute atomic E-state index is 13.7. The number of nitrogens with zero attached hydrogens (tertiary/aromatic N) is 2. The highest BCUT2D eigenvalue weighted by atomic mass is 32.1. The SMILES string of the molecule is O=C(CCNCC1CC1)N=c1sccn1Cc1ccccc1F. The largest absolute Gasteiger partial charge is 0.319 e. The number of carbonyl (C=O) groups is 1. The second-order valence-corrected chi connectivity index (χ2v) is 6.68. The van der Waals surface area contributed by atoms with Gasteiger partial charge in [-0.25, -0.2) is 4.39 Å². The summed E-state index contributed by atoms with van der Waals surface area (Å²) in [5.74, 6) is 0.424. The molecule has 1 saturated carbocycles. The Morgan fingerprint density at radius 2 is 2.22 bits per heavy atom. The first-order valence-corrected chi connectivity index (χ1v) is 8.76. The van der Waals surface area contributed by atoms with E-state index in [1.807, 2.05) is 11.6 Å². The van der Waals surface area contributed by atoms with E-state index in [0.717, 1.165) is 12.5 Å². The zero-order chi connectivity index (χ0) is 16.1. The lowest BCUT2D eigenvalue weighted by molar-refractivity contribution is -0.118. The van der Waals surface area contributed by atoms with Gasteiger partial charge in [-0.2, -0.15) is 4.99 Å². The van der Waals surface area contributed by atoms with E-state index in [-0.39, 0.29) is 11.7 Å². The summed E-state index contributed by atoms with van der Waals surface area (Å²) in [4.78, 5) is 16.7. The number of halogens is 1. The van der Waals surface area contributed by atoms with Crippen molar-refractivity contribution < 1.29 is 9.18 Å². The van der Waals surface area contributed by atoms with Gasteiger partial charge in [0.15, 0.2) is 4.80 Å². The highest BCUT2D eigenvalue weighted by Crippen LogP contribution is 2.27. The molecule has 1 aromatic carbocycles. The minimum atomic E-state index is -0.243. The third-order valence-electron chi connectivity index (χ3n) is 3.82. The number of hydrogen-bond donors (Lipinski definition) is 1. The quantitative estimate of drug-likeness (QED) is 0.792. The molecule has 1 aliphatic rings. The van der Waals surface area contributed by atoms with E-state index in [9.17, 15) is 9.18 Å². The van der Waals surface area contributed by atoms with Crippen molar-refractivity contribution in [3.63, 3.8) is 0 Å². The van der Waals surface area contributed by atoms with E-state index in [2.05, 4.69) is 10.3 Å². The minimum absolute atomic E-state index is 0.141. The molecule has 6 heteroatoms. The van der Waals surface area contributed by atoms with Gasteiger partial charge in [0.25, 0.3) is 0 Å². The summed E-state index contributed by atoms with van der Waals surface area (Å²) in [7, 11) is 0. The number of hydrogen-bond acceptors (Lipinski definition) is 3. The molecule has 0 aliphatic heterocycles. The van der Waals surface area contributed by atoms with Gasteiger partial charge in [-0.15, -0.1) is 11.3 Å². The van der Waals surface area contributed by atoms with Crippen LogP contribution in [0.2, 0.25) is 0 Å². The van der Waals surface area contributed by atoms with Crippen molar-refractivity contribution >= 4 is 17.2 Å². The van der Waals surface area contributed by atoms with Gasteiger partial charge in [0.2, 0.25) is 5.91 Å². The number of aromatic nitrogens is 1. The fourth-order valence-corrected chi connectivity index (χ4v) is 3.05. The molecule has 122 valence electrons. The average molecular weight is 333 g/mol. The standard InChI is InChI=1S/C17H20FN3OS/c18-15-4-2-1-3-14(15)12-21-9-10-23-17(21)20-16(22)7-8-19-11-13-5-6-13/h1-4,9-10,13,19H,5-8,11-12H2. The fourth-order valence-electron chi connectivity index (χ4n) is 2.30. The summed E-state index contributed by atoms with van der Waals surface area (Å²) < 4.78 is 15.5. The molecular formula is C17H20FN3OS. The third kappa shape index (κ3) is 4.84. The summed E-state index contributed by atoms with van der Waals surface area (Å²) >= 11 is 1.39. The van der Waals surface area contributed by atoms with Gasteiger partial charge in [-0.1, -0.05) is 18.2 Å². The smallest absolute Gasteiger partial charge is 0.249 e. The van der Waals surface area contributed by atoms with Crippen molar-refractivity contribution in [3.05, 3.63) is 52.0 Å². The molecule has 4 nitrogen and oxygen atoms in total. The van der Waals surface area contributed by atoms with Crippen LogP contribution >= 0.6 is 11.3 Å². The zero-order valence-corrected chi connectivity index (χ0v) is 13.7. The predicted molar refractivity (Wildman–Crippen MR) is 88.6 cm³/mol. The highest BCUT2D eigenvalue weighted by Gasteiger charge is 2.20. The Bertz CT molecular complexity index is 733. The molecule has 0 bridgehead atoms. The summed E-state index contributed by atoms with van der Waals surface area (Å²) in [6.45, 7) is 2.04. The van der Waals surface area contributed by atoms with Gasteiger partial charge >= 0.3 is 0 Å². The second kappa shape index (κ2) is 7.66. The molecule has 1 aliphatic carbocycles. The monoisotopic (exact) mass is 333 g/mol. The predicted octanol–water partition coefficient (Wildman–Crippen LogP) is 2.55. The van der Waals surface area contributed by atoms with E-state index in [1.54, 1.807) is 22.8 Å². The maximum atomic E-state index is 13.7. The molecule has 1 amide bonds. The van der Waals surface area contributed by atoms with Crippen molar-refractivity contribution in [1.29, 1.82) is 0 Å². The van der Waals surface area contributed by atoms with E-state index in [4.69, 9.17) is 0 Å². The molecule has 23 heavy (non-hydrogen) atoms. The Kier molecular flexibility index (Phi) is 5.35. The van der Waals surface area contributed by atoms with Crippen LogP contribution < -0.4 is 10.1 Å². The van der Waals surface area contributed by atoms with Crippen LogP contribution in [0.15, 0.2) is 40.8 Å². The molecule has 0 unspecified atom stereocenters. The van der Waals surface area contributed by atoms with Gasteiger partial charge < -0.3 is 9.88 Å². The number of benzene rings is 1. The Hall–Kier alpha value is -1.79. The average Bonchev–Trinajstić information content (AvgIpc) is 3.27. The van der Waals surface area contributed by atoms with Crippen molar-refractivity contribution in [2.45, 2.75) is 25.8 Å². The van der Waals surface area contributed by atoms with Gasteiger partial charge in [-0.05, 0) is 31.4 Å². The number of carbonyl (C=O) groups excluding carboxylic acids is 1.